The summed E-state index contributed by atoms with van der Waals surface area (Å²) in [5.41, 5.74) is 0.131. The van der Waals surface area contributed by atoms with E-state index in [9.17, 15) is 0 Å². The van der Waals surface area contributed by atoms with Crippen molar-refractivity contribution in [1.82, 2.24) is 5.32 Å². The van der Waals surface area contributed by atoms with Gasteiger partial charge in [0, 0.05) is 19.2 Å². The minimum atomic E-state index is 0.131. The summed E-state index contributed by atoms with van der Waals surface area (Å²) in [5.74, 6) is 0.937. The highest BCUT2D eigenvalue weighted by Crippen LogP contribution is 2.36. The zero-order valence-electron chi connectivity index (χ0n) is 12.2. The van der Waals surface area contributed by atoms with Crippen LogP contribution in [0.1, 0.15) is 66.2 Å². The van der Waals surface area contributed by atoms with Crippen LogP contribution in [-0.2, 0) is 4.74 Å². The van der Waals surface area contributed by atoms with Gasteiger partial charge in [-0.2, -0.15) is 0 Å². The number of ether oxygens (including phenoxy) is 1. The average Bonchev–Trinajstić information content (AvgIpc) is 2.35. The lowest BCUT2D eigenvalue weighted by Crippen LogP contribution is -2.47. The van der Waals surface area contributed by atoms with Gasteiger partial charge < -0.3 is 10.1 Å². The topological polar surface area (TPSA) is 21.3 Å². The molecule has 0 bridgehead atoms. The Morgan fingerprint density at radius 1 is 1.24 bits per heavy atom. The molecule has 1 aliphatic rings. The van der Waals surface area contributed by atoms with Crippen molar-refractivity contribution in [1.29, 1.82) is 0 Å². The van der Waals surface area contributed by atoms with Crippen LogP contribution in [0, 0.1) is 5.92 Å². The lowest BCUT2D eigenvalue weighted by molar-refractivity contribution is -0.0772. The largest absolute Gasteiger partial charge is 0.374 e. The molecule has 0 atom stereocenters. The third kappa shape index (κ3) is 4.97. The van der Waals surface area contributed by atoms with Crippen LogP contribution in [0.4, 0.5) is 0 Å². The first-order valence-corrected chi connectivity index (χ1v) is 7.49. The van der Waals surface area contributed by atoms with Crippen LogP contribution in [0.5, 0.6) is 0 Å². The zero-order chi connectivity index (χ0) is 12.7. The molecule has 0 amide bonds. The molecule has 0 aromatic carbocycles. The van der Waals surface area contributed by atoms with Gasteiger partial charge in [-0.05, 0) is 38.0 Å². The van der Waals surface area contributed by atoms with Gasteiger partial charge in [0.2, 0.25) is 0 Å². The molecule has 0 aromatic heterocycles. The molecule has 0 radical (unpaired) electrons. The van der Waals surface area contributed by atoms with Gasteiger partial charge in [-0.3, -0.25) is 0 Å². The zero-order valence-corrected chi connectivity index (χ0v) is 12.2. The van der Waals surface area contributed by atoms with E-state index in [0.717, 1.165) is 25.5 Å². The molecule has 1 aliphatic carbocycles. The molecule has 1 rings (SSSR count). The van der Waals surface area contributed by atoms with Crippen molar-refractivity contribution in [2.24, 2.45) is 5.92 Å². The first-order valence-electron chi connectivity index (χ1n) is 7.49. The summed E-state index contributed by atoms with van der Waals surface area (Å²) in [6, 6.07) is 0.556. The highest BCUT2D eigenvalue weighted by Gasteiger charge is 2.35. The highest BCUT2D eigenvalue weighted by atomic mass is 16.5. The van der Waals surface area contributed by atoms with E-state index < -0.39 is 0 Å². The maximum Gasteiger partial charge on any atom is 0.0806 e. The Hall–Kier alpha value is -0.0800. The van der Waals surface area contributed by atoms with Crippen LogP contribution in [0.3, 0.4) is 0 Å². The maximum atomic E-state index is 6.20. The van der Waals surface area contributed by atoms with Crippen LogP contribution in [0.25, 0.3) is 0 Å². The Morgan fingerprint density at radius 3 is 2.35 bits per heavy atom. The molecule has 0 saturated heterocycles. The maximum absolute atomic E-state index is 6.20. The summed E-state index contributed by atoms with van der Waals surface area (Å²) in [5, 5.41) is 3.57. The van der Waals surface area contributed by atoms with Crippen LogP contribution in [0.15, 0.2) is 0 Å². The molecule has 0 aliphatic heterocycles. The summed E-state index contributed by atoms with van der Waals surface area (Å²) < 4.78 is 6.20. The van der Waals surface area contributed by atoms with Crippen LogP contribution >= 0.6 is 0 Å². The van der Waals surface area contributed by atoms with Crippen molar-refractivity contribution >= 4 is 0 Å². The molecule has 1 fully saturated rings. The first-order chi connectivity index (χ1) is 8.12. The van der Waals surface area contributed by atoms with E-state index in [-0.39, 0.29) is 5.60 Å². The van der Waals surface area contributed by atoms with Gasteiger partial charge in [0.25, 0.3) is 0 Å². The van der Waals surface area contributed by atoms with Gasteiger partial charge in [0.1, 0.15) is 0 Å². The van der Waals surface area contributed by atoms with E-state index >= 15 is 0 Å². The normalized spacial score (nSPS) is 29.8. The fourth-order valence-corrected chi connectivity index (χ4v) is 2.69. The fourth-order valence-electron chi connectivity index (χ4n) is 2.69. The Morgan fingerprint density at radius 2 is 1.88 bits per heavy atom. The van der Waals surface area contributed by atoms with Gasteiger partial charge in [-0.15, -0.1) is 0 Å². The molecule has 1 N–H and O–H groups in total. The summed E-state index contributed by atoms with van der Waals surface area (Å²) >= 11 is 0. The van der Waals surface area contributed by atoms with E-state index in [1.807, 2.05) is 0 Å². The Labute approximate surface area is 108 Å². The van der Waals surface area contributed by atoms with E-state index in [2.05, 4.69) is 33.0 Å². The number of rotatable bonds is 7. The Balaban J connectivity index is 2.48. The van der Waals surface area contributed by atoms with Crippen molar-refractivity contribution in [2.75, 3.05) is 13.2 Å². The summed E-state index contributed by atoms with van der Waals surface area (Å²) in [6.07, 6.45) is 7.64. The summed E-state index contributed by atoms with van der Waals surface area (Å²) in [6.45, 7) is 10.9. The SMILES string of the molecule is CCCOC1(CNC(C)C)CCC(CC)CC1. The molecule has 2 nitrogen and oxygen atoms in total. The van der Waals surface area contributed by atoms with Crippen molar-refractivity contribution in [3.8, 4) is 0 Å². The van der Waals surface area contributed by atoms with E-state index in [0.29, 0.717) is 6.04 Å². The molecule has 102 valence electrons. The van der Waals surface area contributed by atoms with Crippen molar-refractivity contribution in [3.63, 3.8) is 0 Å². The highest BCUT2D eigenvalue weighted by molar-refractivity contribution is 4.89. The summed E-state index contributed by atoms with van der Waals surface area (Å²) in [7, 11) is 0. The molecule has 0 aromatic rings. The van der Waals surface area contributed by atoms with E-state index in [1.54, 1.807) is 0 Å². The first kappa shape index (κ1) is 15.0. The third-order valence-corrected chi connectivity index (χ3v) is 4.04. The second-order valence-electron chi connectivity index (χ2n) is 5.92. The number of hydrogen-bond donors (Lipinski definition) is 1. The minimum absolute atomic E-state index is 0.131. The van der Waals surface area contributed by atoms with Gasteiger partial charge in [0.15, 0.2) is 0 Å². The second kappa shape index (κ2) is 7.38. The predicted octanol–water partition coefficient (Wildman–Crippen LogP) is 3.75. The molecular formula is C15H31NO. The molecule has 0 spiro atoms. The predicted molar refractivity (Wildman–Crippen MR) is 74.4 cm³/mol. The standard InChI is InChI=1S/C15H31NO/c1-5-11-17-15(12-16-13(3)4)9-7-14(6-2)8-10-15/h13-14,16H,5-12H2,1-4H3. The minimum Gasteiger partial charge on any atom is -0.374 e. The lowest BCUT2D eigenvalue weighted by atomic mass is 9.77. The Kier molecular flexibility index (Phi) is 6.50. The van der Waals surface area contributed by atoms with E-state index in [1.165, 1.54) is 32.1 Å². The van der Waals surface area contributed by atoms with Crippen molar-refractivity contribution in [2.45, 2.75) is 77.9 Å². The van der Waals surface area contributed by atoms with Gasteiger partial charge in [0.05, 0.1) is 5.60 Å². The molecular weight excluding hydrogens is 210 g/mol. The Bertz CT molecular complexity index is 195. The van der Waals surface area contributed by atoms with Crippen LogP contribution in [0.2, 0.25) is 0 Å². The quantitative estimate of drug-likeness (QED) is 0.733. The van der Waals surface area contributed by atoms with Gasteiger partial charge >= 0.3 is 0 Å². The second-order valence-corrected chi connectivity index (χ2v) is 5.92. The van der Waals surface area contributed by atoms with Crippen molar-refractivity contribution < 1.29 is 4.74 Å². The van der Waals surface area contributed by atoms with E-state index in [4.69, 9.17) is 4.74 Å². The van der Waals surface area contributed by atoms with Crippen LogP contribution < -0.4 is 5.32 Å². The monoisotopic (exact) mass is 241 g/mol. The average molecular weight is 241 g/mol. The fraction of sp³-hybridized carbons (Fsp3) is 1.00. The van der Waals surface area contributed by atoms with Gasteiger partial charge in [-0.1, -0.05) is 34.1 Å². The molecule has 0 unspecified atom stereocenters. The van der Waals surface area contributed by atoms with Crippen LogP contribution in [-0.4, -0.2) is 24.8 Å². The number of hydrogen-bond acceptors (Lipinski definition) is 2. The molecule has 17 heavy (non-hydrogen) atoms. The smallest absolute Gasteiger partial charge is 0.0806 e. The van der Waals surface area contributed by atoms with Gasteiger partial charge in [-0.25, -0.2) is 0 Å². The number of nitrogens with one attached hydrogen (secondary N) is 1. The lowest BCUT2D eigenvalue weighted by Gasteiger charge is -2.40. The molecule has 2 heteroatoms. The third-order valence-electron chi connectivity index (χ3n) is 4.04. The molecule has 0 heterocycles. The summed E-state index contributed by atoms with van der Waals surface area (Å²) in [4.78, 5) is 0. The van der Waals surface area contributed by atoms with Crippen molar-refractivity contribution in [3.05, 3.63) is 0 Å². The molecule has 1 saturated carbocycles.